The minimum atomic E-state index is -0.752. The molecule has 10 rings (SSSR count). The Hall–Kier alpha value is -6.37. The van der Waals surface area contributed by atoms with Gasteiger partial charge in [-0.15, -0.1) is 0 Å². The van der Waals surface area contributed by atoms with Gasteiger partial charge in [0.15, 0.2) is 17.3 Å². The van der Waals surface area contributed by atoms with Crippen LogP contribution in [0.5, 0.6) is 0 Å². The molecule has 2 heterocycles. The Kier molecular flexibility index (Phi) is 13.3. The number of carbonyl (C=O) groups excluding carboxylic acids is 3. The Morgan fingerprint density at radius 3 is 1.57 bits per heavy atom. The first-order valence-electron chi connectivity index (χ1n) is 24.3. The Morgan fingerprint density at radius 2 is 1.06 bits per heavy atom. The van der Waals surface area contributed by atoms with Crippen LogP contribution < -0.4 is 0 Å². The molecule has 0 saturated carbocycles. The van der Waals surface area contributed by atoms with Gasteiger partial charge in [0.05, 0.1) is 5.60 Å². The maximum atomic E-state index is 13.2. The van der Waals surface area contributed by atoms with Crippen LogP contribution in [0.25, 0.3) is 0 Å². The monoisotopic (exact) mass is 886 g/mol. The maximum absolute atomic E-state index is 13.2. The van der Waals surface area contributed by atoms with E-state index in [1.165, 1.54) is 44.5 Å². The van der Waals surface area contributed by atoms with Crippen LogP contribution in [0.4, 0.5) is 0 Å². The van der Waals surface area contributed by atoms with Gasteiger partial charge in [0.2, 0.25) is 0 Å². The number of ketones is 3. The van der Waals surface area contributed by atoms with Gasteiger partial charge < -0.3 is 5.11 Å². The van der Waals surface area contributed by atoms with Crippen LogP contribution in [0, 0.1) is 13.8 Å². The van der Waals surface area contributed by atoms with Gasteiger partial charge in [0.25, 0.3) is 0 Å². The number of carbonyl (C=O) groups is 3. The summed E-state index contributed by atoms with van der Waals surface area (Å²) in [7, 11) is 0. The number of rotatable bonds is 10. The van der Waals surface area contributed by atoms with Crippen molar-refractivity contribution in [2.75, 3.05) is 0 Å². The third-order valence-corrected chi connectivity index (χ3v) is 15.2. The van der Waals surface area contributed by atoms with E-state index in [2.05, 4.69) is 94.9 Å². The summed E-state index contributed by atoms with van der Waals surface area (Å²) in [6.07, 6.45) is 19.1. The number of hydrogen-bond donors (Lipinski definition) is 1. The molecule has 0 saturated heterocycles. The highest BCUT2D eigenvalue weighted by Gasteiger charge is 2.45. The smallest absolute Gasteiger partial charge is 0.167 e. The van der Waals surface area contributed by atoms with Crippen molar-refractivity contribution in [3.63, 3.8) is 0 Å². The summed E-state index contributed by atoms with van der Waals surface area (Å²) in [5.41, 5.74) is 14.7. The van der Waals surface area contributed by atoms with Crippen LogP contribution in [-0.2, 0) is 54.1 Å². The first-order chi connectivity index (χ1) is 32.4. The van der Waals surface area contributed by atoms with Gasteiger partial charge in [-0.3, -0.25) is 24.4 Å². The van der Waals surface area contributed by atoms with Crippen LogP contribution >= 0.6 is 0 Å². The van der Waals surface area contributed by atoms with E-state index in [1.54, 1.807) is 12.4 Å². The lowest BCUT2D eigenvalue weighted by molar-refractivity contribution is -0.115. The van der Waals surface area contributed by atoms with Gasteiger partial charge >= 0.3 is 0 Å². The first kappa shape index (κ1) is 45.8. The zero-order chi connectivity index (χ0) is 46.6. The van der Waals surface area contributed by atoms with Crippen LogP contribution in [0.2, 0.25) is 0 Å². The fraction of sp³-hybridized carbons (Fsp3) is 0.328. The topological polar surface area (TPSA) is 97.2 Å². The highest BCUT2D eigenvalue weighted by molar-refractivity contribution is 5.99. The first-order valence-corrected chi connectivity index (χ1v) is 24.3. The van der Waals surface area contributed by atoms with E-state index in [0.29, 0.717) is 19.3 Å². The van der Waals surface area contributed by atoms with Crippen LogP contribution in [-0.4, -0.2) is 38.0 Å². The molecule has 1 N–H and O–H groups in total. The van der Waals surface area contributed by atoms with Crippen molar-refractivity contribution in [3.8, 4) is 0 Å². The molecule has 0 spiro atoms. The molecule has 6 aromatic rings. The van der Waals surface area contributed by atoms with Crippen molar-refractivity contribution in [3.05, 3.63) is 224 Å². The highest BCUT2D eigenvalue weighted by Crippen LogP contribution is 2.51. The molecule has 0 bridgehead atoms. The predicted molar refractivity (Wildman–Crippen MR) is 267 cm³/mol. The SMILES string of the molecule is Cc1ncccc1CC(=O)c1ccc2c(c1)CCCC1=CC(=O)CCC12Cc1ccccc1.Cc1ncccc1CC(=O)c1ccc2c(c1)CCCC1=C[C@](C)(O)CC[C@]12Cc1ccccc1. The second-order valence-electron chi connectivity index (χ2n) is 19.8. The standard InChI is InChI=1S/C31H33NO2.C30H29NO2/c1-22-24(11-7-17-32-22)19-29(33)26-13-14-28-25(18-26)10-6-12-27-21-30(2,34)15-16-31(27,28)20-23-8-4-3-5-9-23;1-21-23(10-6-16-31-21)18-29(33)25-12-13-28-24(17-25)9-5-11-26-19-27(32)14-15-30(26,28)20-22-7-3-2-4-8-22/h3-5,7-9,11,13-14,17-18,21,34H,6,10,12,15-16,19-20H2,1-2H3;2-4,6-8,10,12-13,16-17,19H,5,9,11,14-15,18,20H2,1H3/t30-,31+;/m1./s1. The Morgan fingerprint density at radius 1 is 0.567 bits per heavy atom. The zero-order valence-corrected chi connectivity index (χ0v) is 39.3. The second-order valence-corrected chi connectivity index (χ2v) is 19.8. The molecule has 0 aliphatic heterocycles. The molecule has 4 aliphatic carbocycles. The largest absolute Gasteiger partial charge is 0.386 e. The van der Waals surface area contributed by atoms with Gasteiger partial charge in [-0.1, -0.05) is 114 Å². The summed E-state index contributed by atoms with van der Waals surface area (Å²) in [6, 6.07) is 41.7. The molecular formula is C61H62N2O4. The number of aliphatic hydroxyl groups is 1. The number of benzene rings is 4. The molecular weight excluding hydrogens is 825 g/mol. The minimum Gasteiger partial charge on any atom is -0.386 e. The summed E-state index contributed by atoms with van der Waals surface area (Å²) in [5.74, 6) is 0.517. The summed E-state index contributed by atoms with van der Waals surface area (Å²) in [4.78, 5) is 47.4. The third kappa shape index (κ3) is 9.87. The molecule has 6 nitrogen and oxygen atoms in total. The van der Waals surface area contributed by atoms with Gasteiger partial charge in [-0.05, 0) is 166 Å². The van der Waals surface area contributed by atoms with E-state index < -0.39 is 5.60 Å². The summed E-state index contributed by atoms with van der Waals surface area (Å²) < 4.78 is 0. The van der Waals surface area contributed by atoms with Gasteiger partial charge in [-0.2, -0.15) is 0 Å². The zero-order valence-electron chi connectivity index (χ0n) is 39.3. The molecule has 67 heavy (non-hydrogen) atoms. The number of hydrogen-bond acceptors (Lipinski definition) is 6. The lowest BCUT2D eigenvalue weighted by Crippen LogP contribution is -2.40. The second kappa shape index (κ2) is 19.5. The number of Topliss-reactive ketones (excluding diaryl/α,β-unsaturated/α-hetero) is 2. The highest BCUT2D eigenvalue weighted by atomic mass is 16.3. The Labute approximate surface area is 396 Å². The number of aryl methyl sites for hydroxylation is 4. The van der Waals surface area contributed by atoms with Crippen LogP contribution in [0.15, 0.2) is 157 Å². The van der Waals surface area contributed by atoms with E-state index in [1.807, 2.05) is 69.3 Å². The van der Waals surface area contributed by atoms with Crippen molar-refractivity contribution in [1.82, 2.24) is 9.97 Å². The molecule has 4 aromatic carbocycles. The maximum Gasteiger partial charge on any atom is 0.167 e. The summed E-state index contributed by atoms with van der Waals surface area (Å²) >= 11 is 0. The number of pyridine rings is 2. The van der Waals surface area contributed by atoms with Gasteiger partial charge in [-0.25, -0.2) is 0 Å². The molecule has 2 aromatic heterocycles. The number of allylic oxidation sites excluding steroid dienone is 3. The Balaban J connectivity index is 0.000000168. The van der Waals surface area contributed by atoms with Crippen LogP contribution in [0.1, 0.15) is 135 Å². The number of aromatic nitrogens is 2. The minimum absolute atomic E-state index is 0.128. The van der Waals surface area contributed by atoms with E-state index in [4.69, 9.17) is 0 Å². The lowest BCUT2D eigenvalue weighted by Gasteiger charge is -2.44. The van der Waals surface area contributed by atoms with Crippen LogP contribution in [0.3, 0.4) is 0 Å². The van der Waals surface area contributed by atoms with Crippen molar-refractivity contribution >= 4 is 17.3 Å². The van der Waals surface area contributed by atoms with Crippen molar-refractivity contribution in [2.45, 2.75) is 127 Å². The van der Waals surface area contributed by atoms with E-state index in [-0.39, 0.29) is 28.2 Å². The fourth-order valence-electron chi connectivity index (χ4n) is 11.6. The number of fused-ring (bicyclic) bond motifs is 6. The van der Waals surface area contributed by atoms with E-state index >= 15 is 0 Å². The van der Waals surface area contributed by atoms with Crippen molar-refractivity contribution in [1.29, 1.82) is 0 Å². The van der Waals surface area contributed by atoms with E-state index in [9.17, 15) is 19.5 Å². The molecule has 1 unspecified atom stereocenters. The molecule has 6 heteroatoms. The van der Waals surface area contributed by atoms with Gasteiger partial charge in [0.1, 0.15) is 0 Å². The van der Waals surface area contributed by atoms with Gasteiger partial charge in [0, 0.05) is 65.0 Å². The quantitative estimate of drug-likeness (QED) is 0.109. The average Bonchev–Trinajstić information content (AvgIpc) is 3.58. The molecule has 0 radical (unpaired) electrons. The third-order valence-electron chi connectivity index (χ3n) is 15.2. The number of nitrogens with zero attached hydrogens (tertiary/aromatic N) is 2. The average molecular weight is 887 g/mol. The molecule has 4 aliphatic rings. The molecule has 0 fully saturated rings. The molecule has 340 valence electrons. The molecule has 0 amide bonds. The Bertz CT molecular complexity index is 2880. The summed E-state index contributed by atoms with van der Waals surface area (Å²) in [5, 5.41) is 10.9. The predicted octanol–water partition coefficient (Wildman–Crippen LogP) is 12.0. The van der Waals surface area contributed by atoms with Crippen molar-refractivity contribution in [2.24, 2.45) is 0 Å². The van der Waals surface area contributed by atoms with E-state index in [0.717, 1.165) is 104 Å². The lowest BCUT2D eigenvalue weighted by atomic mass is 9.61. The fourth-order valence-corrected chi connectivity index (χ4v) is 11.6. The summed E-state index contributed by atoms with van der Waals surface area (Å²) in [6.45, 7) is 5.84. The molecule has 3 atom stereocenters. The normalized spacial score (nSPS) is 21.9. The van der Waals surface area contributed by atoms with Crippen molar-refractivity contribution < 1.29 is 19.5 Å².